The van der Waals surface area contributed by atoms with Gasteiger partial charge in [-0.25, -0.2) is 4.39 Å². The van der Waals surface area contributed by atoms with E-state index in [4.69, 9.17) is 16.6 Å². The number of hydrogen-bond donors (Lipinski definition) is 1. The van der Waals surface area contributed by atoms with Crippen LogP contribution in [0.15, 0.2) is 29.3 Å². The molecule has 1 spiro atoms. The van der Waals surface area contributed by atoms with E-state index in [0.29, 0.717) is 30.7 Å². The number of alkyl halides is 1. The number of fused-ring (bicyclic) bond motifs is 6. The first kappa shape index (κ1) is 21.7. The maximum absolute atomic E-state index is 13.6. The Labute approximate surface area is 211 Å². The number of rotatable bonds is 3. The monoisotopic (exact) mass is 509 g/mol. The number of carbonyl (C=O) groups is 1. The zero-order valence-electron chi connectivity index (χ0n) is 19.4. The van der Waals surface area contributed by atoms with Gasteiger partial charge in [0.2, 0.25) is 5.91 Å². The molecule has 6 nitrogen and oxygen atoms in total. The van der Waals surface area contributed by atoms with Crippen molar-refractivity contribution in [2.45, 2.75) is 69.6 Å². The van der Waals surface area contributed by atoms with Gasteiger partial charge in [0.15, 0.2) is 5.82 Å². The van der Waals surface area contributed by atoms with Crippen molar-refractivity contribution < 1.29 is 9.18 Å². The SMILES string of the molecule is Cc1nnc2n1-c1sc3c(c1C(c1ccccc1Cl)=NC21CC1)C[C@H](C(=O)N[C@H]1CC[C@@H](F)C1)C3. The van der Waals surface area contributed by atoms with E-state index in [1.807, 2.05) is 31.2 Å². The molecule has 1 aromatic carbocycles. The van der Waals surface area contributed by atoms with Gasteiger partial charge in [-0.1, -0.05) is 29.8 Å². The summed E-state index contributed by atoms with van der Waals surface area (Å²) in [6, 6.07) is 7.79. The van der Waals surface area contributed by atoms with Crippen molar-refractivity contribution in [3.8, 4) is 5.00 Å². The lowest BCUT2D eigenvalue weighted by Gasteiger charge is -2.17. The van der Waals surface area contributed by atoms with Crippen molar-refractivity contribution in [1.82, 2.24) is 20.1 Å². The minimum absolute atomic E-state index is 0.0333. The van der Waals surface area contributed by atoms with Crippen LogP contribution in [0.1, 0.15) is 65.3 Å². The molecule has 0 radical (unpaired) electrons. The van der Waals surface area contributed by atoms with E-state index in [1.165, 1.54) is 10.4 Å². The van der Waals surface area contributed by atoms with E-state index >= 15 is 0 Å². The van der Waals surface area contributed by atoms with Gasteiger partial charge in [0.05, 0.1) is 5.71 Å². The lowest BCUT2D eigenvalue weighted by atomic mass is 9.97. The molecule has 0 unspecified atom stereocenters. The summed E-state index contributed by atoms with van der Waals surface area (Å²) < 4.78 is 15.8. The fourth-order valence-corrected chi connectivity index (χ4v) is 7.60. The van der Waals surface area contributed by atoms with Gasteiger partial charge in [-0.05, 0) is 63.5 Å². The van der Waals surface area contributed by atoms with Crippen LogP contribution < -0.4 is 5.32 Å². The van der Waals surface area contributed by atoms with E-state index in [9.17, 15) is 9.18 Å². The first-order chi connectivity index (χ1) is 16.9. The lowest BCUT2D eigenvalue weighted by Crippen LogP contribution is -2.38. The fraction of sp³-hybridized carbons (Fsp3) is 0.462. The van der Waals surface area contributed by atoms with Crippen LogP contribution in [0.25, 0.3) is 5.00 Å². The highest BCUT2D eigenvalue weighted by molar-refractivity contribution is 7.15. The lowest BCUT2D eigenvalue weighted by molar-refractivity contribution is -0.125. The number of amides is 1. The van der Waals surface area contributed by atoms with Crippen LogP contribution in [-0.2, 0) is 23.2 Å². The molecular formula is C26H25ClFN5OS. The molecule has 0 bridgehead atoms. The van der Waals surface area contributed by atoms with E-state index in [1.54, 1.807) is 11.3 Å². The van der Waals surface area contributed by atoms with Gasteiger partial charge >= 0.3 is 0 Å². The number of thiophene rings is 1. The molecule has 4 aliphatic rings. The first-order valence-electron chi connectivity index (χ1n) is 12.3. The summed E-state index contributed by atoms with van der Waals surface area (Å²) in [5.41, 5.74) is 3.66. The van der Waals surface area contributed by atoms with Gasteiger partial charge in [0, 0.05) is 33.0 Å². The summed E-state index contributed by atoms with van der Waals surface area (Å²) in [7, 11) is 0. The predicted molar refractivity (Wildman–Crippen MR) is 134 cm³/mol. The highest BCUT2D eigenvalue weighted by Crippen LogP contribution is 2.54. The van der Waals surface area contributed by atoms with E-state index in [2.05, 4.69) is 20.1 Å². The molecule has 7 rings (SSSR count). The molecule has 2 fully saturated rings. The molecule has 9 heteroatoms. The smallest absolute Gasteiger partial charge is 0.224 e. The molecule has 3 aromatic rings. The Morgan fingerprint density at radius 2 is 2.06 bits per heavy atom. The number of nitrogens with zero attached hydrogens (tertiary/aromatic N) is 4. The van der Waals surface area contributed by atoms with Crippen molar-refractivity contribution >= 4 is 34.6 Å². The van der Waals surface area contributed by atoms with Crippen LogP contribution in [0.2, 0.25) is 5.02 Å². The van der Waals surface area contributed by atoms with Gasteiger partial charge < -0.3 is 5.32 Å². The van der Waals surface area contributed by atoms with Gasteiger partial charge in [0.25, 0.3) is 0 Å². The Balaban J connectivity index is 1.33. The minimum Gasteiger partial charge on any atom is -0.353 e. The summed E-state index contributed by atoms with van der Waals surface area (Å²) in [6.07, 6.45) is 4.07. The Morgan fingerprint density at radius 3 is 2.80 bits per heavy atom. The number of benzene rings is 1. The first-order valence-corrected chi connectivity index (χ1v) is 13.5. The standard InChI is InChI=1S/C26H25ClFN5OS/c1-13-31-32-25-26(8-9-26)30-22(17-4-2-3-5-19(17)27)21-18-10-14(11-20(18)35-24(21)33(13)25)23(34)29-16-7-6-15(28)12-16/h2-5,14-16H,6-12H2,1H3,(H,29,34)/t14-,15+,16-/m0/s1. The van der Waals surface area contributed by atoms with Gasteiger partial charge in [-0.2, -0.15) is 0 Å². The zero-order chi connectivity index (χ0) is 23.9. The fourth-order valence-electron chi connectivity index (χ4n) is 5.91. The third-order valence-corrected chi connectivity index (χ3v) is 9.47. The molecule has 180 valence electrons. The minimum atomic E-state index is -0.799. The summed E-state index contributed by atoms with van der Waals surface area (Å²) in [5, 5.41) is 13.8. The molecule has 1 amide bonds. The molecule has 1 aliphatic heterocycles. The Hall–Kier alpha value is -2.58. The molecule has 1 N–H and O–H groups in total. The third kappa shape index (κ3) is 3.33. The van der Waals surface area contributed by atoms with Gasteiger partial charge in [-0.3, -0.25) is 14.4 Å². The van der Waals surface area contributed by atoms with E-state index in [0.717, 1.165) is 52.8 Å². The van der Waals surface area contributed by atoms with Crippen LogP contribution in [0, 0.1) is 12.8 Å². The number of aliphatic imine (C=N–C) groups is 1. The highest BCUT2D eigenvalue weighted by Gasteiger charge is 2.52. The second kappa shape index (κ2) is 7.71. The van der Waals surface area contributed by atoms with Crippen LogP contribution in [-0.4, -0.2) is 38.6 Å². The van der Waals surface area contributed by atoms with Crippen LogP contribution in [0.5, 0.6) is 0 Å². The number of carbonyl (C=O) groups excluding carboxylic acids is 1. The Kier molecular flexibility index (Phi) is 4.77. The molecule has 2 aromatic heterocycles. The summed E-state index contributed by atoms with van der Waals surface area (Å²) in [5.74, 6) is 1.63. The van der Waals surface area contributed by atoms with E-state index in [-0.39, 0.29) is 23.4 Å². The van der Waals surface area contributed by atoms with Crippen molar-refractivity contribution in [1.29, 1.82) is 0 Å². The molecule has 3 aliphatic carbocycles. The van der Waals surface area contributed by atoms with Gasteiger partial charge in [-0.15, -0.1) is 21.5 Å². The number of aromatic nitrogens is 3. The van der Waals surface area contributed by atoms with Crippen molar-refractivity contribution in [2.24, 2.45) is 10.9 Å². The quantitative estimate of drug-likeness (QED) is 0.548. The number of nitrogens with one attached hydrogen (secondary N) is 1. The second-order valence-corrected chi connectivity index (χ2v) is 11.8. The van der Waals surface area contributed by atoms with Gasteiger partial charge in [0.1, 0.15) is 22.5 Å². The molecule has 0 saturated heterocycles. The maximum Gasteiger partial charge on any atom is 0.224 e. The number of aryl methyl sites for hydroxylation is 1. The molecule has 3 atom stereocenters. The van der Waals surface area contributed by atoms with E-state index < -0.39 is 6.17 Å². The normalized spacial score (nSPS) is 25.6. The maximum atomic E-state index is 13.6. The average molecular weight is 510 g/mol. The molecular weight excluding hydrogens is 485 g/mol. The van der Waals surface area contributed by atoms with Crippen LogP contribution >= 0.6 is 22.9 Å². The van der Waals surface area contributed by atoms with Crippen molar-refractivity contribution in [2.75, 3.05) is 0 Å². The highest BCUT2D eigenvalue weighted by atomic mass is 35.5. The third-order valence-electron chi connectivity index (χ3n) is 7.90. The zero-order valence-corrected chi connectivity index (χ0v) is 20.9. The van der Waals surface area contributed by atoms with Crippen LogP contribution in [0.4, 0.5) is 4.39 Å². The Morgan fingerprint density at radius 1 is 1.23 bits per heavy atom. The number of halogens is 2. The predicted octanol–water partition coefficient (Wildman–Crippen LogP) is 4.85. The molecule has 2 saturated carbocycles. The Bertz CT molecular complexity index is 1410. The largest absolute Gasteiger partial charge is 0.353 e. The average Bonchev–Trinajstić information content (AvgIpc) is 3.12. The van der Waals surface area contributed by atoms with Crippen LogP contribution in [0.3, 0.4) is 0 Å². The topological polar surface area (TPSA) is 72.2 Å². The summed E-state index contributed by atoms with van der Waals surface area (Å²) in [6.45, 7) is 1.98. The summed E-state index contributed by atoms with van der Waals surface area (Å²) >= 11 is 8.42. The van der Waals surface area contributed by atoms with Crippen molar-refractivity contribution in [3.63, 3.8) is 0 Å². The summed E-state index contributed by atoms with van der Waals surface area (Å²) in [4.78, 5) is 19.7. The number of hydrogen-bond acceptors (Lipinski definition) is 5. The molecule has 35 heavy (non-hydrogen) atoms. The molecule has 3 heterocycles. The van der Waals surface area contributed by atoms with Crippen molar-refractivity contribution in [3.05, 3.63) is 62.5 Å². The second-order valence-electron chi connectivity index (χ2n) is 10.3.